The molecule has 0 aliphatic heterocycles. The molecule has 2 unspecified atom stereocenters. The number of amides is 1. The SMILES string of the molecule is C=C(C)C1CCC(C)(C)CC1C(=O)NC. The van der Waals surface area contributed by atoms with Crippen molar-refractivity contribution in [2.75, 3.05) is 7.05 Å². The minimum atomic E-state index is 0.122. The first-order valence-corrected chi connectivity index (χ1v) is 5.74. The molecule has 0 heterocycles. The summed E-state index contributed by atoms with van der Waals surface area (Å²) in [7, 11) is 1.72. The standard InChI is InChI=1S/C13H23NO/c1-9(2)10-6-7-13(3,4)8-11(10)12(15)14-5/h10-11H,1,6-8H2,2-5H3,(H,14,15). The van der Waals surface area contributed by atoms with E-state index in [2.05, 4.69) is 25.7 Å². The van der Waals surface area contributed by atoms with Crippen LogP contribution in [-0.4, -0.2) is 13.0 Å². The van der Waals surface area contributed by atoms with Crippen molar-refractivity contribution < 1.29 is 4.79 Å². The molecular formula is C13H23NO. The van der Waals surface area contributed by atoms with Gasteiger partial charge in [0, 0.05) is 13.0 Å². The van der Waals surface area contributed by atoms with Crippen LogP contribution in [0.3, 0.4) is 0 Å². The van der Waals surface area contributed by atoms with E-state index in [-0.39, 0.29) is 11.8 Å². The first-order chi connectivity index (χ1) is 6.87. The van der Waals surface area contributed by atoms with Crippen molar-refractivity contribution in [3.8, 4) is 0 Å². The van der Waals surface area contributed by atoms with Gasteiger partial charge in [0.2, 0.25) is 5.91 Å². The number of hydrogen-bond acceptors (Lipinski definition) is 1. The lowest BCUT2D eigenvalue weighted by molar-refractivity contribution is -0.128. The van der Waals surface area contributed by atoms with E-state index in [0.29, 0.717) is 11.3 Å². The Balaban J connectivity index is 2.83. The van der Waals surface area contributed by atoms with Crippen LogP contribution in [0.15, 0.2) is 12.2 Å². The summed E-state index contributed by atoms with van der Waals surface area (Å²) in [5.74, 6) is 0.671. The van der Waals surface area contributed by atoms with Crippen LogP contribution >= 0.6 is 0 Å². The van der Waals surface area contributed by atoms with Crippen molar-refractivity contribution in [1.82, 2.24) is 5.32 Å². The van der Waals surface area contributed by atoms with Gasteiger partial charge in [-0.15, -0.1) is 0 Å². The number of carbonyl (C=O) groups excluding carboxylic acids is 1. The molecule has 1 aliphatic rings. The van der Waals surface area contributed by atoms with Crippen LogP contribution in [0.4, 0.5) is 0 Å². The van der Waals surface area contributed by atoms with Gasteiger partial charge in [-0.3, -0.25) is 4.79 Å². The fourth-order valence-corrected chi connectivity index (χ4v) is 2.64. The second-order valence-electron chi connectivity index (χ2n) is 5.58. The highest BCUT2D eigenvalue weighted by Crippen LogP contribution is 2.44. The highest BCUT2D eigenvalue weighted by atomic mass is 16.1. The van der Waals surface area contributed by atoms with E-state index in [1.165, 1.54) is 6.42 Å². The van der Waals surface area contributed by atoms with Gasteiger partial charge < -0.3 is 5.32 Å². The maximum Gasteiger partial charge on any atom is 0.223 e. The summed E-state index contributed by atoms with van der Waals surface area (Å²) in [5, 5.41) is 2.78. The molecule has 0 aromatic heterocycles. The van der Waals surface area contributed by atoms with E-state index in [1.54, 1.807) is 7.05 Å². The van der Waals surface area contributed by atoms with E-state index in [0.717, 1.165) is 18.4 Å². The lowest BCUT2D eigenvalue weighted by Gasteiger charge is -2.40. The number of allylic oxidation sites excluding steroid dienone is 1. The molecule has 0 aromatic carbocycles. The molecule has 0 spiro atoms. The third-order valence-electron chi connectivity index (χ3n) is 3.61. The fourth-order valence-electron chi connectivity index (χ4n) is 2.64. The molecule has 2 heteroatoms. The maximum atomic E-state index is 11.8. The summed E-state index contributed by atoms with van der Waals surface area (Å²) < 4.78 is 0. The van der Waals surface area contributed by atoms with Crippen LogP contribution in [-0.2, 0) is 4.79 Å². The predicted octanol–water partition coefficient (Wildman–Crippen LogP) is 2.75. The number of rotatable bonds is 2. The summed E-state index contributed by atoms with van der Waals surface area (Å²) >= 11 is 0. The number of hydrogen-bond donors (Lipinski definition) is 1. The molecule has 0 aromatic rings. The van der Waals surface area contributed by atoms with Gasteiger partial charge in [0.15, 0.2) is 0 Å². The smallest absolute Gasteiger partial charge is 0.223 e. The van der Waals surface area contributed by atoms with Crippen molar-refractivity contribution in [3.63, 3.8) is 0 Å². The molecule has 0 bridgehead atoms. The van der Waals surface area contributed by atoms with Gasteiger partial charge in [0.05, 0.1) is 0 Å². The van der Waals surface area contributed by atoms with Crippen molar-refractivity contribution in [1.29, 1.82) is 0 Å². The Hall–Kier alpha value is -0.790. The van der Waals surface area contributed by atoms with Gasteiger partial charge in [-0.2, -0.15) is 0 Å². The molecule has 1 amide bonds. The highest BCUT2D eigenvalue weighted by Gasteiger charge is 2.38. The topological polar surface area (TPSA) is 29.1 Å². The lowest BCUT2D eigenvalue weighted by Crippen LogP contribution is -2.40. The van der Waals surface area contributed by atoms with Crippen LogP contribution in [0.1, 0.15) is 40.0 Å². The Morgan fingerprint density at radius 3 is 2.47 bits per heavy atom. The average molecular weight is 209 g/mol. The zero-order chi connectivity index (χ0) is 11.6. The molecule has 2 atom stereocenters. The molecular weight excluding hydrogens is 186 g/mol. The van der Waals surface area contributed by atoms with Gasteiger partial charge in [0.1, 0.15) is 0 Å². The molecule has 86 valence electrons. The molecule has 2 nitrogen and oxygen atoms in total. The molecule has 15 heavy (non-hydrogen) atoms. The molecule has 0 saturated heterocycles. The summed E-state index contributed by atoms with van der Waals surface area (Å²) in [6.07, 6.45) is 3.27. The van der Waals surface area contributed by atoms with Gasteiger partial charge in [-0.25, -0.2) is 0 Å². The summed E-state index contributed by atoms with van der Waals surface area (Å²) in [4.78, 5) is 11.8. The Morgan fingerprint density at radius 1 is 1.40 bits per heavy atom. The van der Waals surface area contributed by atoms with Crippen molar-refractivity contribution in [2.45, 2.75) is 40.0 Å². The lowest BCUT2D eigenvalue weighted by atomic mass is 9.65. The van der Waals surface area contributed by atoms with E-state index >= 15 is 0 Å². The molecule has 1 fully saturated rings. The zero-order valence-corrected chi connectivity index (χ0v) is 10.4. The van der Waals surface area contributed by atoms with Crippen LogP contribution in [0, 0.1) is 17.3 Å². The molecule has 1 saturated carbocycles. The van der Waals surface area contributed by atoms with Crippen molar-refractivity contribution in [3.05, 3.63) is 12.2 Å². The predicted molar refractivity (Wildman–Crippen MR) is 63.5 cm³/mol. The number of carbonyl (C=O) groups is 1. The normalized spacial score (nSPS) is 29.6. The third kappa shape index (κ3) is 2.83. The Labute approximate surface area is 93.1 Å². The van der Waals surface area contributed by atoms with Gasteiger partial charge in [-0.05, 0) is 37.5 Å². The van der Waals surface area contributed by atoms with E-state index in [9.17, 15) is 4.79 Å². The van der Waals surface area contributed by atoms with E-state index in [1.807, 2.05) is 6.92 Å². The summed E-state index contributed by atoms with van der Waals surface area (Å²) in [6, 6.07) is 0. The summed E-state index contributed by atoms with van der Waals surface area (Å²) in [5.41, 5.74) is 1.45. The van der Waals surface area contributed by atoms with E-state index in [4.69, 9.17) is 0 Å². The van der Waals surface area contributed by atoms with Gasteiger partial charge in [-0.1, -0.05) is 26.0 Å². The maximum absolute atomic E-state index is 11.8. The van der Waals surface area contributed by atoms with E-state index < -0.39 is 0 Å². The average Bonchev–Trinajstić information content (AvgIpc) is 2.14. The molecule has 0 radical (unpaired) electrons. The first kappa shape index (κ1) is 12.3. The highest BCUT2D eigenvalue weighted by molar-refractivity contribution is 5.79. The zero-order valence-electron chi connectivity index (χ0n) is 10.4. The Morgan fingerprint density at radius 2 is 2.00 bits per heavy atom. The molecule has 1 N–H and O–H groups in total. The van der Waals surface area contributed by atoms with Crippen LogP contribution in [0.2, 0.25) is 0 Å². The minimum absolute atomic E-state index is 0.122. The van der Waals surface area contributed by atoms with Crippen molar-refractivity contribution in [2.24, 2.45) is 17.3 Å². The van der Waals surface area contributed by atoms with Gasteiger partial charge >= 0.3 is 0 Å². The van der Waals surface area contributed by atoms with Crippen molar-refractivity contribution >= 4 is 5.91 Å². The number of nitrogens with one attached hydrogen (secondary N) is 1. The Kier molecular flexibility index (Phi) is 3.58. The van der Waals surface area contributed by atoms with Crippen LogP contribution < -0.4 is 5.32 Å². The second-order valence-corrected chi connectivity index (χ2v) is 5.58. The summed E-state index contributed by atoms with van der Waals surface area (Å²) in [6.45, 7) is 10.5. The molecule has 1 rings (SSSR count). The minimum Gasteiger partial charge on any atom is -0.359 e. The largest absolute Gasteiger partial charge is 0.359 e. The van der Waals surface area contributed by atoms with Gasteiger partial charge in [0.25, 0.3) is 0 Å². The monoisotopic (exact) mass is 209 g/mol. The Bertz CT molecular complexity index is 268. The molecule has 1 aliphatic carbocycles. The quantitative estimate of drug-likeness (QED) is 0.696. The third-order valence-corrected chi connectivity index (χ3v) is 3.61. The fraction of sp³-hybridized carbons (Fsp3) is 0.769. The van der Waals surface area contributed by atoms with Crippen LogP contribution in [0.5, 0.6) is 0 Å². The second kappa shape index (κ2) is 4.38. The first-order valence-electron chi connectivity index (χ1n) is 5.74. The van der Waals surface area contributed by atoms with Crippen LogP contribution in [0.25, 0.3) is 0 Å².